The fourth-order valence-corrected chi connectivity index (χ4v) is 1.61. The zero-order chi connectivity index (χ0) is 11.1. The smallest absolute Gasteiger partial charge is 0.0963 e. The molecule has 0 aromatic heterocycles. The topological polar surface area (TPSA) is 29.5 Å². The Labute approximate surface area is 91.2 Å². The van der Waals surface area contributed by atoms with E-state index < -0.39 is 0 Å². The first-order valence-corrected chi connectivity index (χ1v) is 5.27. The van der Waals surface area contributed by atoms with E-state index in [-0.39, 0.29) is 12.5 Å². The van der Waals surface area contributed by atoms with Gasteiger partial charge in [-0.3, -0.25) is 0 Å². The molecule has 1 rings (SSSR count). The Hall–Kier alpha value is -1.28. The van der Waals surface area contributed by atoms with Crippen LogP contribution in [0.4, 0.5) is 0 Å². The molecule has 0 bridgehead atoms. The summed E-state index contributed by atoms with van der Waals surface area (Å²) in [6.45, 7) is 6.61. The number of aliphatic hydroxyl groups excluding tert-OH is 1. The number of hydrogen-bond acceptors (Lipinski definition) is 2. The average molecular weight is 206 g/mol. The molecular formula is C13H18O2. The molecule has 1 atom stereocenters. The summed E-state index contributed by atoms with van der Waals surface area (Å²) in [5.74, 6) is 0.828. The summed E-state index contributed by atoms with van der Waals surface area (Å²) in [6.07, 6.45) is 0.656. The Morgan fingerprint density at radius 1 is 1.40 bits per heavy atom. The van der Waals surface area contributed by atoms with Crippen LogP contribution in [0.1, 0.15) is 24.8 Å². The minimum absolute atomic E-state index is 0.0937. The van der Waals surface area contributed by atoms with E-state index in [0.717, 1.165) is 11.3 Å². The number of benzene rings is 1. The number of allylic oxidation sites excluding steroid dienone is 1. The lowest BCUT2D eigenvalue weighted by molar-refractivity contribution is 0.194. The molecule has 0 aliphatic rings. The molecule has 0 aliphatic carbocycles. The van der Waals surface area contributed by atoms with Crippen LogP contribution in [0.5, 0.6) is 0 Å². The first kappa shape index (κ1) is 11.8. The highest BCUT2D eigenvalue weighted by molar-refractivity contribution is 5.25. The van der Waals surface area contributed by atoms with Gasteiger partial charge in [-0.15, -0.1) is 0 Å². The van der Waals surface area contributed by atoms with E-state index in [0.29, 0.717) is 13.0 Å². The largest absolute Gasteiger partial charge is 0.498 e. The standard InChI is InChI=1S/C13H18O2/c1-3-15-11(2)13(9-10-14)12-7-5-4-6-8-12/h4-8,13-14H,2-3,9-10H2,1H3. The maximum atomic E-state index is 9.02. The number of ether oxygens (including phenoxy) is 1. The Kier molecular flexibility index (Phi) is 4.91. The van der Waals surface area contributed by atoms with Crippen molar-refractivity contribution in [3.8, 4) is 0 Å². The van der Waals surface area contributed by atoms with Crippen molar-refractivity contribution in [3.05, 3.63) is 48.2 Å². The van der Waals surface area contributed by atoms with E-state index in [1.807, 2.05) is 37.3 Å². The molecule has 0 saturated heterocycles. The van der Waals surface area contributed by atoms with Crippen molar-refractivity contribution in [2.75, 3.05) is 13.2 Å². The summed E-state index contributed by atoms with van der Waals surface area (Å²) in [5.41, 5.74) is 1.14. The van der Waals surface area contributed by atoms with Gasteiger partial charge < -0.3 is 9.84 Å². The minimum atomic E-state index is 0.0937. The highest BCUT2D eigenvalue weighted by Crippen LogP contribution is 2.26. The van der Waals surface area contributed by atoms with Crippen molar-refractivity contribution in [3.63, 3.8) is 0 Å². The lowest BCUT2D eigenvalue weighted by atomic mass is 9.94. The second-order valence-electron chi connectivity index (χ2n) is 3.37. The van der Waals surface area contributed by atoms with Crippen LogP contribution in [0.2, 0.25) is 0 Å². The molecule has 0 aliphatic heterocycles. The SMILES string of the molecule is C=C(OCC)C(CCO)c1ccccc1. The predicted molar refractivity (Wildman–Crippen MR) is 61.7 cm³/mol. The lowest BCUT2D eigenvalue weighted by Crippen LogP contribution is -2.07. The van der Waals surface area contributed by atoms with Gasteiger partial charge in [-0.05, 0) is 18.9 Å². The summed E-state index contributed by atoms with van der Waals surface area (Å²) < 4.78 is 5.41. The van der Waals surface area contributed by atoms with E-state index in [2.05, 4.69) is 6.58 Å². The zero-order valence-corrected chi connectivity index (χ0v) is 9.15. The van der Waals surface area contributed by atoms with Crippen LogP contribution < -0.4 is 0 Å². The normalized spacial score (nSPS) is 12.1. The minimum Gasteiger partial charge on any atom is -0.498 e. The summed E-state index contributed by atoms with van der Waals surface area (Å²) >= 11 is 0. The molecule has 0 heterocycles. The molecule has 82 valence electrons. The fraction of sp³-hybridized carbons (Fsp3) is 0.385. The Balaban J connectivity index is 2.78. The summed E-state index contributed by atoms with van der Waals surface area (Å²) in [5, 5.41) is 9.02. The van der Waals surface area contributed by atoms with Crippen LogP contribution >= 0.6 is 0 Å². The van der Waals surface area contributed by atoms with Gasteiger partial charge in [0.25, 0.3) is 0 Å². The third kappa shape index (κ3) is 3.40. The fourth-order valence-electron chi connectivity index (χ4n) is 1.61. The maximum absolute atomic E-state index is 9.02. The van der Waals surface area contributed by atoms with Gasteiger partial charge in [0, 0.05) is 12.5 Å². The van der Waals surface area contributed by atoms with Gasteiger partial charge in [0.05, 0.1) is 12.4 Å². The van der Waals surface area contributed by atoms with Crippen molar-refractivity contribution in [1.82, 2.24) is 0 Å². The van der Waals surface area contributed by atoms with Crippen LogP contribution in [0, 0.1) is 0 Å². The van der Waals surface area contributed by atoms with E-state index >= 15 is 0 Å². The molecule has 2 nitrogen and oxygen atoms in total. The van der Waals surface area contributed by atoms with Crippen LogP contribution in [0.3, 0.4) is 0 Å². The molecule has 0 amide bonds. The van der Waals surface area contributed by atoms with E-state index in [4.69, 9.17) is 9.84 Å². The molecule has 15 heavy (non-hydrogen) atoms. The Morgan fingerprint density at radius 2 is 2.07 bits per heavy atom. The monoisotopic (exact) mass is 206 g/mol. The van der Waals surface area contributed by atoms with Crippen LogP contribution in [-0.2, 0) is 4.74 Å². The molecular weight excluding hydrogens is 188 g/mol. The first-order chi connectivity index (χ1) is 7.29. The maximum Gasteiger partial charge on any atom is 0.0963 e. The molecule has 1 aromatic rings. The van der Waals surface area contributed by atoms with Gasteiger partial charge in [-0.2, -0.15) is 0 Å². The van der Waals surface area contributed by atoms with Gasteiger partial charge in [0.1, 0.15) is 0 Å². The van der Waals surface area contributed by atoms with Crippen LogP contribution in [0.15, 0.2) is 42.7 Å². The Bertz CT molecular complexity index is 293. The van der Waals surface area contributed by atoms with Gasteiger partial charge in [-0.1, -0.05) is 36.9 Å². The molecule has 0 saturated carbocycles. The molecule has 0 fully saturated rings. The van der Waals surface area contributed by atoms with Gasteiger partial charge in [0.2, 0.25) is 0 Å². The highest BCUT2D eigenvalue weighted by atomic mass is 16.5. The van der Waals surface area contributed by atoms with E-state index in [1.165, 1.54) is 0 Å². The van der Waals surface area contributed by atoms with Crippen molar-refractivity contribution in [2.45, 2.75) is 19.3 Å². The van der Waals surface area contributed by atoms with E-state index in [9.17, 15) is 0 Å². The molecule has 1 unspecified atom stereocenters. The quantitative estimate of drug-likeness (QED) is 0.725. The Morgan fingerprint density at radius 3 is 2.60 bits per heavy atom. The average Bonchev–Trinajstić information content (AvgIpc) is 2.27. The third-order valence-electron chi connectivity index (χ3n) is 2.34. The second kappa shape index (κ2) is 6.25. The number of aliphatic hydroxyl groups is 1. The van der Waals surface area contributed by atoms with E-state index in [1.54, 1.807) is 0 Å². The molecule has 1 N–H and O–H groups in total. The summed E-state index contributed by atoms with van der Waals surface area (Å²) in [7, 11) is 0. The molecule has 1 aromatic carbocycles. The summed E-state index contributed by atoms with van der Waals surface area (Å²) in [4.78, 5) is 0. The van der Waals surface area contributed by atoms with Crippen LogP contribution in [0.25, 0.3) is 0 Å². The summed E-state index contributed by atoms with van der Waals surface area (Å²) in [6, 6.07) is 10.0. The van der Waals surface area contributed by atoms with Gasteiger partial charge >= 0.3 is 0 Å². The van der Waals surface area contributed by atoms with Gasteiger partial charge in [-0.25, -0.2) is 0 Å². The number of rotatable bonds is 6. The predicted octanol–water partition coefficient (Wildman–Crippen LogP) is 2.70. The second-order valence-corrected chi connectivity index (χ2v) is 3.37. The van der Waals surface area contributed by atoms with Crippen molar-refractivity contribution >= 4 is 0 Å². The third-order valence-corrected chi connectivity index (χ3v) is 2.34. The molecule has 2 heteroatoms. The lowest BCUT2D eigenvalue weighted by Gasteiger charge is -2.19. The van der Waals surface area contributed by atoms with Crippen molar-refractivity contribution < 1.29 is 9.84 Å². The zero-order valence-electron chi connectivity index (χ0n) is 9.15. The first-order valence-electron chi connectivity index (χ1n) is 5.27. The number of hydrogen-bond donors (Lipinski definition) is 1. The van der Waals surface area contributed by atoms with Crippen molar-refractivity contribution in [1.29, 1.82) is 0 Å². The molecule has 0 radical (unpaired) electrons. The molecule has 0 spiro atoms. The van der Waals surface area contributed by atoms with Gasteiger partial charge in [0.15, 0.2) is 0 Å². The van der Waals surface area contributed by atoms with Crippen molar-refractivity contribution in [2.24, 2.45) is 0 Å². The van der Waals surface area contributed by atoms with Crippen LogP contribution in [-0.4, -0.2) is 18.3 Å². The highest BCUT2D eigenvalue weighted by Gasteiger charge is 2.15.